The molecule has 2 unspecified atom stereocenters. The number of halogens is 1. The summed E-state index contributed by atoms with van der Waals surface area (Å²) in [5.74, 6) is 0.341. The zero-order valence-corrected chi connectivity index (χ0v) is 18.8. The van der Waals surface area contributed by atoms with E-state index >= 15 is 0 Å². The molecular formula is C22H23BrN3O5+. The highest BCUT2D eigenvalue weighted by Gasteiger charge is 2.44. The average Bonchev–Trinajstić information content (AvgIpc) is 3.35. The molecule has 0 aromatic heterocycles. The molecule has 3 atom stereocenters. The van der Waals surface area contributed by atoms with Gasteiger partial charge in [-0.2, -0.15) is 0 Å². The van der Waals surface area contributed by atoms with E-state index in [4.69, 9.17) is 4.74 Å². The molecule has 1 aliphatic heterocycles. The summed E-state index contributed by atoms with van der Waals surface area (Å²) in [7, 11) is 1.59. The number of amides is 2. The van der Waals surface area contributed by atoms with Crippen molar-refractivity contribution in [2.45, 2.75) is 38.8 Å². The molecule has 2 N–H and O–H groups in total. The van der Waals surface area contributed by atoms with Gasteiger partial charge in [-0.3, -0.25) is 19.8 Å². The zero-order chi connectivity index (χ0) is 22.3. The summed E-state index contributed by atoms with van der Waals surface area (Å²) in [4.78, 5) is 37.2. The predicted molar refractivity (Wildman–Crippen MR) is 117 cm³/mol. The summed E-state index contributed by atoms with van der Waals surface area (Å²) in [5, 5.41) is 14.1. The number of carbonyl (C=O) groups is 2. The molecule has 2 aliphatic rings. The summed E-state index contributed by atoms with van der Waals surface area (Å²) in [5.41, 5.74) is 2.77. The Hall–Kier alpha value is -2.78. The van der Waals surface area contributed by atoms with Crippen LogP contribution in [-0.4, -0.2) is 29.9 Å². The number of anilines is 1. The van der Waals surface area contributed by atoms with Gasteiger partial charge in [0.2, 0.25) is 5.91 Å². The Kier molecular flexibility index (Phi) is 5.81. The van der Waals surface area contributed by atoms with Crippen molar-refractivity contribution in [1.29, 1.82) is 0 Å². The molecule has 162 valence electrons. The molecule has 0 spiro atoms. The molecule has 31 heavy (non-hydrogen) atoms. The molecule has 9 heteroatoms. The van der Waals surface area contributed by atoms with Crippen LogP contribution in [0.5, 0.6) is 5.75 Å². The van der Waals surface area contributed by atoms with Gasteiger partial charge < -0.3 is 10.1 Å². The van der Waals surface area contributed by atoms with Gasteiger partial charge in [-0.1, -0.05) is 22.0 Å². The average molecular weight is 489 g/mol. The molecule has 1 saturated carbocycles. The van der Waals surface area contributed by atoms with Gasteiger partial charge in [0.15, 0.2) is 0 Å². The third-order valence-corrected chi connectivity index (χ3v) is 6.97. The maximum Gasteiger partial charge on any atom is 0.345 e. The molecule has 0 saturated heterocycles. The summed E-state index contributed by atoms with van der Waals surface area (Å²) in [6, 6.07) is 8.35. The molecule has 2 aromatic rings. The summed E-state index contributed by atoms with van der Waals surface area (Å²) in [6.07, 6.45) is 2.06. The van der Waals surface area contributed by atoms with Crippen LogP contribution in [0, 0.1) is 23.0 Å². The number of aryl methyl sites for hydroxylation is 1. The molecule has 8 nitrogen and oxygen atoms in total. The molecule has 1 fully saturated rings. The highest BCUT2D eigenvalue weighted by atomic mass is 79.9. The van der Waals surface area contributed by atoms with Crippen LogP contribution in [0.2, 0.25) is 0 Å². The Balaban J connectivity index is 1.44. The Morgan fingerprint density at radius 3 is 2.77 bits per heavy atom. The fourth-order valence-corrected chi connectivity index (χ4v) is 5.15. The van der Waals surface area contributed by atoms with E-state index in [2.05, 4.69) is 21.2 Å². The maximum atomic E-state index is 13.0. The number of hydrogen-bond donors (Lipinski definition) is 2. The molecule has 1 aliphatic carbocycles. The van der Waals surface area contributed by atoms with Crippen molar-refractivity contribution in [1.82, 2.24) is 0 Å². The third kappa shape index (κ3) is 4.07. The first-order chi connectivity index (χ1) is 14.8. The van der Waals surface area contributed by atoms with E-state index in [0.717, 1.165) is 22.4 Å². The number of nitrogens with zero attached hydrogens (tertiary/aromatic N) is 1. The number of nitro groups is 1. The topological polar surface area (TPSA) is 103 Å². The summed E-state index contributed by atoms with van der Waals surface area (Å²) >= 11 is 3.37. The number of fused-ring (bicyclic) bond motifs is 1. The number of methoxy groups -OCH3 is 1. The van der Waals surface area contributed by atoms with Crippen LogP contribution < -0.4 is 15.0 Å². The van der Waals surface area contributed by atoms with Crippen molar-refractivity contribution in [3.63, 3.8) is 0 Å². The van der Waals surface area contributed by atoms with Crippen LogP contribution in [0.1, 0.15) is 40.7 Å². The van der Waals surface area contributed by atoms with E-state index < -0.39 is 4.92 Å². The van der Waals surface area contributed by atoms with Gasteiger partial charge in [-0.05, 0) is 25.0 Å². The Labute approximate surface area is 187 Å². The van der Waals surface area contributed by atoms with Crippen molar-refractivity contribution >= 4 is 39.1 Å². The molecule has 2 aromatic carbocycles. The van der Waals surface area contributed by atoms with E-state index in [1.807, 2.05) is 19.1 Å². The van der Waals surface area contributed by atoms with Crippen LogP contribution in [0.4, 0.5) is 11.4 Å². The first kappa shape index (κ1) is 21.5. The number of nitro benzene ring substituents is 1. The van der Waals surface area contributed by atoms with Gasteiger partial charge in [-0.25, -0.2) is 4.79 Å². The van der Waals surface area contributed by atoms with Crippen LogP contribution >= 0.6 is 15.9 Å². The normalized spacial score (nSPS) is 22.3. The predicted octanol–water partition coefficient (Wildman–Crippen LogP) is 3.02. The lowest BCUT2D eigenvalue weighted by Crippen LogP contribution is -3.15. The molecule has 0 bridgehead atoms. The molecule has 2 amide bonds. The number of non-ortho nitro benzene ring substituents is 1. The van der Waals surface area contributed by atoms with Gasteiger partial charge in [0, 0.05) is 52.7 Å². The first-order valence-corrected chi connectivity index (χ1v) is 10.9. The molecule has 0 radical (unpaired) electrons. The highest BCUT2D eigenvalue weighted by molar-refractivity contribution is 9.10. The quantitative estimate of drug-likeness (QED) is 0.497. The number of nitrogens with one attached hydrogen (secondary N) is 2. The van der Waals surface area contributed by atoms with Crippen LogP contribution in [0.3, 0.4) is 0 Å². The second-order valence-corrected chi connectivity index (χ2v) is 8.98. The van der Waals surface area contributed by atoms with Gasteiger partial charge in [-0.15, -0.1) is 0 Å². The molecule has 4 rings (SSSR count). The minimum absolute atomic E-state index is 0.00848. The van der Waals surface area contributed by atoms with Gasteiger partial charge in [0.25, 0.3) is 5.69 Å². The van der Waals surface area contributed by atoms with Gasteiger partial charge in [0.1, 0.15) is 12.3 Å². The molecule has 1 heterocycles. The van der Waals surface area contributed by atoms with E-state index in [0.29, 0.717) is 40.9 Å². The van der Waals surface area contributed by atoms with Crippen LogP contribution in [0.25, 0.3) is 0 Å². The second kappa shape index (κ2) is 8.39. The molecular weight excluding hydrogens is 466 g/mol. The monoisotopic (exact) mass is 488 g/mol. The largest absolute Gasteiger partial charge is 0.496 e. The van der Waals surface area contributed by atoms with E-state index in [1.54, 1.807) is 13.2 Å². The van der Waals surface area contributed by atoms with Gasteiger partial charge in [0.05, 0.1) is 23.6 Å². The van der Waals surface area contributed by atoms with E-state index in [9.17, 15) is 19.7 Å². The standard InChI is InChI=1S/C22H22BrN3O5/c1-12-3-5-14(8-20(12)31-2)24-21(27)13-4-6-15(7-13)25-11-18-17(22(25)28)9-16(26(29)30)10-19(18)23/h3,5,8-10,13,15H,4,6-7,11H2,1-2H3,(H,24,27)/p+1/t13-,15?/m1/s1. The van der Waals surface area contributed by atoms with E-state index in [-0.39, 0.29) is 29.5 Å². The minimum atomic E-state index is -0.494. The first-order valence-electron chi connectivity index (χ1n) is 10.1. The van der Waals surface area contributed by atoms with Crippen molar-refractivity contribution in [3.05, 3.63) is 61.6 Å². The third-order valence-electron chi connectivity index (χ3n) is 6.27. The minimum Gasteiger partial charge on any atom is -0.496 e. The van der Waals surface area contributed by atoms with Crippen molar-refractivity contribution in [3.8, 4) is 5.75 Å². The number of rotatable bonds is 5. The Morgan fingerprint density at radius 2 is 2.06 bits per heavy atom. The van der Waals surface area contributed by atoms with Gasteiger partial charge >= 0.3 is 5.91 Å². The number of ether oxygens (including phenoxy) is 1. The SMILES string of the molecule is COc1cc(NC(=O)[C@@H]2CCC([NH+]3Cc4c(Br)cc([N+](=O)[O-])cc4C3=O)C2)ccc1C. The van der Waals surface area contributed by atoms with Crippen LogP contribution in [0.15, 0.2) is 34.8 Å². The zero-order valence-electron chi connectivity index (χ0n) is 17.2. The fraction of sp³-hybridized carbons (Fsp3) is 0.364. The lowest BCUT2D eigenvalue weighted by Gasteiger charge is -2.18. The van der Waals surface area contributed by atoms with Crippen molar-refractivity contribution < 1.29 is 24.1 Å². The smallest absolute Gasteiger partial charge is 0.345 e. The number of benzene rings is 2. The second-order valence-electron chi connectivity index (χ2n) is 8.12. The summed E-state index contributed by atoms with van der Waals surface area (Å²) in [6.45, 7) is 2.41. The fourth-order valence-electron chi connectivity index (χ4n) is 4.56. The van der Waals surface area contributed by atoms with Crippen molar-refractivity contribution in [2.24, 2.45) is 5.92 Å². The lowest BCUT2D eigenvalue weighted by atomic mass is 10.1. The lowest BCUT2D eigenvalue weighted by molar-refractivity contribution is -0.851. The van der Waals surface area contributed by atoms with Crippen LogP contribution in [-0.2, 0) is 11.3 Å². The Morgan fingerprint density at radius 1 is 1.29 bits per heavy atom. The maximum absolute atomic E-state index is 13.0. The van der Waals surface area contributed by atoms with E-state index in [1.165, 1.54) is 12.1 Å². The highest BCUT2D eigenvalue weighted by Crippen LogP contribution is 2.31. The van der Waals surface area contributed by atoms with Crippen molar-refractivity contribution in [2.75, 3.05) is 12.4 Å². The number of quaternary nitrogens is 1. The Bertz CT molecular complexity index is 1090. The number of carbonyl (C=O) groups excluding carboxylic acids is 2. The number of hydrogen-bond acceptors (Lipinski definition) is 5. The summed E-state index contributed by atoms with van der Waals surface area (Å²) < 4.78 is 5.90.